The molecule has 0 atom stereocenters. The summed E-state index contributed by atoms with van der Waals surface area (Å²) in [6.07, 6.45) is 1.57. The van der Waals surface area contributed by atoms with E-state index in [4.69, 9.17) is 9.26 Å². The zero-order valence-electron chi connectivity index (χ0n) is 15.4. The van der Waals surface area contributed by atoms with Crippen molar-refractivity contribution in [1.29, 1.82) is 0 Å². The van der Waals surface area contributed by atoms with Gasteiger partial charge in [0, 0.05) is 38.3 Å². The Kier molecular flexibility index (Phi) is 4.78. The first-order valence-corrected chi connectivity index (χ1v) is 8.88. The van der Waals surface area contributed by atoms with Crippen LogP contribution in [0.3, 0.4) is 0 Å². The van der Waals surface area contributed by atoms with E-state index < -0.39 is 0 Å². The van der Waals surface area contributed by atoms with E-state index in [9.17, 15) is 0 Å². The first kappa shape index (κ1) is 17.1. The molecule has 8 heteroatoms. The molecule has 0 radical (unpaired) electrons. The van der Waals surface area contributed by atoms with Crippen LogP contribution in [-0.2, 0) is 0 Å². The highest BCUT2D eigenvalue weighted by molar-refractivity contribution is 5.60. The number of benzene rings is 1. The Hall–Kier alpha value is -3.29. The third-order valence-electron chi connectivity index (χ3n) is 4.57. The van der Waals surface area contributed by atoms with E-state index in [0.29, 0.717) is 11.6 Å². The number of nitrogens with zero attached hydrogens (tertiary/aromatic N) is 5. The first-order valence-electron chi connectivity index (χ1n) is 8.88. The van der Waals surface area contributed by atoms with Crippen LogP contribution in [0.5, 0.6) is 5.75 Å². The van der Waals surface area contributed by atoms with Crippen molar-refractivity contribution in [3.63, 3.8) is 0 Å². The molecular weight excluding hydrogens is 344 g/mol. The standard InChI is InChI=1S/C19H22N6O2/c1-14-11-18(23-27-14)22-17-12-19(21-13-20-17)25-9-7-24(8-10-25)15-5-3-4-6-16(15)26-2/h3-6,11-13H,7-10H2,1-2H3,(H,20,21,22,23). The lowest BCUT2D eigenvalue weighted by Crippen LogP contribution is -2.47. The number of anilines is 4. The molecule has 1 aliphatic heterocycles. The van der Waals surface area contributed by atoms with Gasteiger partial charge in [0.1, 0.15) is 29.5 Å². The lowest BCUT2D eigenvalue weighted by molar-refractivity contribution is 0.400. The zero-order valence-corrected chi connectivity index (χ0v) is 15.4. The van der Waals surface area contributed by atoms with E-state index in [1.165, 1.54) is 0 Å². The van der Waals surface area contributed by atoms with E-state index in [2.05, 4.69) is 36.3 Å². The highest BCUT2D eigenvalue weighted by Gasteiger charge is 2.20. The third-order valence-corrected chi connectivity index (χ3v) is 4.57. The number of methoxy groups -OCH3 is 1. The smallest absolute Gasteiger partial charge is 0.175 e. The summed E-state index contributed by atoms with van der Waals surface area (Å²) in [5.74, 6) is 3.88. The first-order chi connectivity index (χ1) is 13.2. The molecule has 1 aromatic carbocycles. The molecule has 0 aliphatic carbocycles. The highest BCUT2D eigenvalue weighted by atomic mass is 16.5. The number of aryl methyl sites for hydroxylation is 1. The van der Waals surface area contributed by atoms with Gasteiger partial charge in [-0.3, -0.25) is 0 Å². The fourth-order valence-electron chi connectivity index (χ4n) is 3.21. The van der Waals surface area contributed by atoms with Crippen LogP contribution in [0.4, 0.5) is 23.1 Å². The van der Waals surface area contributed by atoms with Crippen LogP contribution in [0.1, 0.15) is 5.76 Å². The molecule has 27 heavy (non-hydrogen) atoms. The maximum Gasteiger partial charge on any atom is 0.175 e. The summed E-state index contributed by atoms with van der Waals surface area (Å²) in [7, 11) is 1.71. The minimum atomic E-state index is 0.637. The molecule has 0 saturated carbocycles. The van der Waals surface area contributed by atoms with Gasteiger partial charge in [-0.05, 0) is 19.1 Å². The lowest BCUT2D eigenvalue weighted by Gasteiger charge is -2.37. The van der Waals surface area contributed by atoms with Crippen LogP contribution in [0.15, 0.2) is 47.2 Å². The highest BCUT2D eigenvalue weighted by Crippen LogP contribution is 2.29. The maximum atomic E-state index is 5.49. The molecule has 0 spiro atoms. The van der Waals surface area contributed by atoms with Crippen molar-refractivity contribution in [1.82, 2.24) is 15.1 Å². The molecule has 0 unspecified atom stereocenters. The topological polar surface area (TPSA) is 79.5 Å². The van der Waals surface area contributed by atoms with Gasteiger partial charge in [-0.1, -0.05) is 17.3 Å². The Morgan fingerprint density at radius 1 is 1.00 bits per heavy atom. The molecule has 0 amide bonds. The van der Waals surface area contributed by atoms with Gasteiger partial charge < -0.3 is 24.4 Å². The fraction of sp³-hybridized carbons (Fsp3) is 0.316. The zero-order chi connectivity index (χ0) is 18.6. The molecule has 3 heterocycles. The number of nitrogens with one attached hydrogen (secondary N) is 1. The molecular formula is C19H22N6O2. The summed E-state index contributed by atoms with van der Waals surface area (Å²) in [4.78, 5) is 13.3. The van der Waals surface area contributed by atoms with Gasteiger partial charge in [-0.25, -0.2) is 9.97 Å². The van der Waals surface area contributed by atoms with E-state index in [1.807, 2.05) is 37.3 Å². The van der Waals surface area contributed by atoms with Gasteiger partial charge in [0.2, 0.25) is 0 Å². The molecule has 2 aromatic heterocycles. The van der Waals surface area contributed by atoms with E-state index >= 15 is 0 Å². The quantitative estimate of drug-likeness (QED) is 0.738. The largest absolute Gasteiger partial charge is 0.495 e. The van der Waals surface area contributed by atoms with Crippen LogP contribution in [0, 0.1) is 6.92 Å². The predicted octanol–water partition coefficient (Wildman–Crippen LogP) is 2.85. The fourth-order valence-corrected chi connectivity index (χ4v) is 3.21. The van der Waals surface area contributed by atoms with Crippen molar-refractivity contribution in [3.8, 4) is 5.75 Å². The summed E-state index contributed by atoms with van der Waals surface area (Å²) < 4.78 is 10.6. The molecule has 8 nitrogen and oxygen atoms in total. The second-order valence-corrected chi connectivity index (χ2v) is 6.36. The Balaban J connectivity index is 1.43. The van der Waals surface area contributed by atoms with Crippen LogP contribution in [0.25, 0.3) is 0 Å². The SMILES string of the molecule is COc1ccccc1N1CCN(c2cc(Nc3cc(C)on3)ncn2)CC1. The van der Waals surface area contributed by atoms with E-state index in [1.54, 1.807) is 13.4 Å². The van der Waals surface area contributed by atoms with Crippen LogP contribution in [-0.4, -0.2) is 48.4 Å². The summed E-state index contributed by atoms with van der Waals surface area (Å²) >= 11 is 0. The average Bonchev–Trinajstić information content (AvgIpc) is 3.13. The summed E-state index contributed by atoms with van der Waals surface area (Å²) in [5, 5.41) is 7.08. The Morgan fingerprint density at radius 2 is 1.78 bits per heavy atom. The summed E-state index contributed by atoms with van der Waals surface area (Å²) in [6.45, 7) is 5.39. The van der Waals surface area contributed by atoms with Crippen molar-refractivity contribution in [3.05, 3.63) is 48.5 Å². The predicted molar refractivity (Wildman–Crippen MR) is 104 cm³/mol. The van der Waals surface area contributed by atoms with Crippen LogP contribution >= 0.6 is 0 Å². The normalized spacial score (nSPS) is 14.3. The molecule has 1 aliphatic rings. The Morgan fingerprint density at radius 3 is 2.52 bits per heavy atom. The lowest BCUT2D eigenvalue weighted by atomic mass is 10.2. The molecule has 1 fully saturated rings. The number of para-hydroxylation sites is 2. The van der Waals surface area contributed by atoms with Gasteiger partial charge >= 0.3 is 0 Å². The van der Waals surface area contributed by atoms with Gasteiger partial charge in [-0.2, -0.15) is 0 Å². The number of hydrogen-bond acceptors (Lipinski definition) is 8. The molecule has 1 N–H and O–H groups in total. The third kappa shape index (κ3) is 3.79. The van der Waals surface area contributed by atoms with Crippen LogP contribution < -0.4 is 19.9 Å². The van der Waals surface area contributed by atoms with Crippen LogP contribution in [0.2, 0.25) is 0 Å². The van der Waals surface area contributed by atoms with Crippen molar-refractivity contribution in [2.45, 2.75) is 6.92 Å². The van der Waals surface area contributed by atoms with Gasteiger partial charge in [0.05, 0.1) is 12.8 Å². The van der Waals surface area contributed by atoms with E-state index in [0.717, 1.165) is 49.2 Å². The number of rotatable bonds is 5. The summed E-state index contributed by atoms with van der Waals surface area (Å²) in [6, 6.07) is 11.9. The number of ether oxygens (including phenoxy) is 1. The molecule has 1 saturated heterocycles. The molecule has 140 valence electrons. The minimum absolute atomic E-state index is 0.637. The molecule has 0 bridgehead atoms. The average molecular weight is 366 g/mol. The maximum absolute atomic E-state index is 5.49. The Bertz CT molecular complexity index is 904. The second kappa shape index (κ2) is 7.53. The minimum Gasteiger partial charge on any atom is -0.495 e. The number of aromatic nitrogens is 3. The number of piperazine rings is 1. The second-order valence-electron chi connectivity index (χ2n) is 6.36. The van der Waals surface area contributed by atoms with Gasteiger partial charge in [-0.15, -0.1) is 0 Å². The van der Waals surface area contributed by atoms with Crippen molar-refractivity contribution in [2.24, 2.45) is 0 Å². The Labute approximate surface area is 157 Å². The van der Waals surface area contributed by atoms with Crippen molar-refractivity contribution >= 4 is 23.1 Å². The monoisotopic (exact) mass is 366 g/mol. The van der Waals surface area contributed by atoms with Crippen molar-refractivity contribution < 1.29 is 9.26 Å². The van der Waals surface area contributed by atoms with E-state index in [-0.39, 0.29) is 0 Å². The number of hydrogen-bond donors (Lipinski definition) is 1. The van der Waals surface area contributed by atoms with Gasteiger partial charge in [0.15, 0.2) is 5.82 Å². The molecule has 4 rings (SSSR count). The van der Waals surface area contributed by atoms with Gasteiger partial charge in [0.25, 0.3) is 0 Å². The summed E-state index contributed by atoms with van der Waals surface area (Å²) in [5.41, 5.74) is 1.13. The molecule has 3 aromatic rings. The van der Waals surface area contributed by atoms with Crippen molar-refractivity contribution in [2.75, 3.05) is 48.4 Å².